The number of carbonyl (C=O) groups is 1. The maximum atomic E-state index is 11.4. The maximum Gasteiger partial charge on any atom is 0.333 e. The summed E-state index contributed by atoms with van der Waals surface area (Å²) in [5, 5.41) is 0. The molecule has 0 heterocycles. The number of hydrogen-bond acceptors (Lipinski definition) is 3. The Hall–Kier alpha value is -0.800. The van der Waals surface area contributed by atoms with Crippen molar-refractivity contribution in [1.82, 2.24) is 4.84 Å². The first-order valence-corrected chi connectivity index (χ1v) is 7.09. The number of nitrogens with one attached hydrogen (secondary N) is 1. The minimum atomic E-state index is -0.236. The molecule has 4 heteroatoms. The molecule has 0 aromatic carbocycles. The molecule has 0 saturated heterocycles. The molecule has 1 rings (SSSR count). The highest BCUT2D eigenvalue weighted by atomic mass is 35.5. The highest BCUT2D eigenvalue weighted by Crippen LogP contribution is 2.28. The lowest BCUT2D eigenvalue weighted by molar-refractivity contribution is -0.136. The molecule has 0 aromatic rings. The van der Waals surface area contributed by atoms with Crippen LogP contribution >= 0.6 is 11.8 Å². The molecule has 1 N–H and O–H groups in total. The second-order valence-electron chi connectivity index (χ2n) is 6.19. The first kappa shape index (κ1) is 16.3. The van der Waals surface area contributed by atoms with Gasteiger partial charge < -0.3 is 4.74 Å². The zero-order valence-electron chi connectivity index (χ0n) is 12.3. The van der Waals surface area contributed by atoms with Gasteiger partial charge in [-0.1, -0.05) is 38.5 Å². The summed E-state index contributed by atoms with van der Waals surface area (Å²) in [5.41, 5.74) is 2.29. The van der Waals surface area contributed by atoms with E-state index in [0.717, 1.165) is 31.3 Å². The van der Waals surface area contributed by atoms with Crippen molar-refractivity contribution < 1.29 is 9.53 Å². The fourth-order valence-electron chi connectivity index (χ4n) is 2.13. The van der Waals surface area contributed by atoms with E-state index >= 15 is 0 Å². The maximum absolute atomic E-state index is 11.4. The molecule has 0 fully saturated rings. The summed E-state index contributed by atoms with van der Waals surface area (Å²) in [6, 6.07) is 0.177. The van der Waals surface area contributed by atoms with Crippen LogP contribution in [0.1, 0.15) is 46.5 Å². The fraction of sp³-hybridized carbons (Fsp3) is 0.667. The Morgan fingerprint density at radius 3 is 2.53 bits per heavy atom. The molecule has 0 radical (unpaired) electrons. The zero-order chi connectivity index (χ0) is 14.5. The molecule has 0 aliphatic heterocycles. The van der Waals surface area contributed by atoms with Crippen molar-refractivity contribution in [1.29, 1.82) is 0 Å². The van der Waals surface area contributed by atoms with E-state index in [1.54, 1.807) is 0 Å². The van der Waals surface area contributed by atoms with Gasteiger partial charge in [0.25, 0.3) is 0 Å². The Morgan fingerprint density at radius 2 is 2.11 bits per heavy atom. The lowest BCUT2D eigenvalue weighted by Gasteiger charge is -2.25. The van der Waals surface area contributed by atoms with Crippen molar-refractivity contribution in [2.45, 2.75) is 52.5 Å². The normalized spacial score (nSPS) is 17.5. The first-order chi connectivity index (χ1) is 8.87. The molecular weight excluding hydrogens is 262 g/mol. The van der Waals surface area contributed by atoms with Gasteiger partial charge in [0, 0.05) is 11.6 Å². The van der Waals surface area contributed by atoms with Crippen molar-refractivity contribution in [2.75, 3.05) is 7.11 Å². The molecule has 0 spiro atoms. The average molecular weight is 286 g/mol. The average Bonchev–Trinajstić information content (AvgIpc) is 2.38. The van der Waals surface area contributed by atoms with E-state index in [9.17, 15) is 4.79 Å². The Balaban J connectivity index is 2.66. The summed E-state index contributed by atoms with van der Waals surface area (Å²) in [5.74, 6) is -0.236. The number of esters is 1. The van der Waals surface area contributed by atoms with Crippen molar-refractivity contribution in [3.8, 4) is 0 Å². The Kier molecular flexibility index (Phi) is 6.08. The second kappa shape index (κ2) is 7.11. The number of hydrogen-bond donors (Lipinski definition) is 1. The monoisotopic (exact) mass is 285 g/mol. The van der Waals surface area contributed by atoms with Crippen molar-refractivity contribution in [3.63, 3.8) is 0 Å². The standard InChI is InChI=1S/C15H24ClNO2/c1-15(2,3)10-9-13(17-16)11-5-7-12(8-6-11)14(18)19-4/h5,7,13,17H,6,8-10H2,1-4H3/t13-/m1/s1. The van der Waals surface area contributed by atoms with Gasteiger partial charge >= 0.3 is 5.97 Å². The van der Waals surface area contributed by atoms with Crippen LogP contribution in [0.5, 0.6) is 0 Å². The number of ether oxygens (including phenoxy) is 1. The van der Waals surface area contributed by atoms with Gasteiger partial charge in [0.05, 0.1) is 7.11 Å². The van der Waals surface area contributed by atoms with E-state index in [4.69, 9.17) is 16.5 Å². The molecule has 0 unspecified atom stereocenters. The van der Waals surface area contributed by atoms with Crippen LogP contribution in [0.4, 0.5) is 0 Å². The minimum absolute atomic E-state index is 0.177. The van der Waals surface area contributed by atoms with Gasteiger partial charge in [-0.3, -0.25) is 0 Å². The third-order valence-electron chi connectivity index (χ3n) is 3.39. The Labute approximate surface area is 121 Å². The molecular formula is C15H24ClNO2. The predicted molar refractivity (Wildman–Crippen MR) is 78.9 cm³/mol. The SMILES string of the molecule is COC(=O)C1=CC=C([C@@H](CCC(C)(C)C)NCl)CC1. The van der Waals surface area contributed by atoms with E-state index in [-0.39, 0.29) is 12.0 Å². The van der Waals surface area contributed by atoms with Crippen LogP contribution in [0.15, 0.2) is 23.3 Å². The van der Waals surface area contributed by atoms with Crippen LogP contribution in [-0.4, -0.2) is 19.1 Å². The highest BCUT2D eigenvalue weighted by molar-refractivity contribution is 6.13. The smallest absolute Gasteiger partial charge is 0.333 e. The van der Waals surface area contributed by atoms with Crippen LogP contribution in [0.3, 0.4) is 0 Å². The number of allylic oxidation sites excluding steroid dienone is 2. The molecule has 108 valence electrons. The summed E-state index contributed by atoms with van der Waals surface area (Å²) < 4.78 is 4.73. The van der Waals surface area contributed by atoms with Gasteiger partial charge in [-0.25, -0.2) is 9.63 Å². The molecule has 1 atom stereocenters. The van der Waals surface area contributed by atoms with Gasteiger partial charge in [0.2, 0.25) is 0 Å². The largest absolute Gasteiger partial charge is 0.466 e. The lowest BCUT2D eigenvalue weighted by atomic mass is 9.85. The van der Waals surface area contributed by atoms with Gasteiger partial charge in [0.1, 0.15) is 0 Å². The molecule has 1 aliphatic rings. The molecule has 3 nitrogen and oxygen atoms in total. The molecule has 0 aromatic heterocycles. The molecule has 0 saturated carbocycles. The molecule has 0 amide bonds. The number of rotatable bonds is 5. The molecule has 1 aliphatic carbocycles. The fourth-order valence-corrected chi connectivity index (χ4v) is 2.38. The summed E-state index contributed by atoms with van der Waals surface area (Å²) >= 11 is 5.85. The van der Waals surface area contributed by atoms with Crippen LogP contribution in [0.2, 0.25) is 0 Å². The predicted octanol–water partition coefficient (Wildman–Crippen LogP) is 3.74. The van der Waals surface area contributed by atoms with E-state index in [1.807, 2.05) is 12.2 Å². The summed E-state index contributed by atoms with van der Waals surface area (Å²) in [4.78, 5) is 14.3. The van der Waals surface area contributed by atoms with Crippen LogP contribution in [0, 0.1) is 5.41 Å². The number of carbonyl (C=O) groups excluding carboxylic acids is 1. The zero-order valence-corrected chi connectivity index (χ0v) is 13.0. The third kappa shape index (κ3) is 5.37. The van der Waals surface area contributed by atoms with Crippen LogP contribution in [-0.2, 0) is 9.53 Å². The topological polar surface area (TPSA) is 38.3 Å². The van der Waals surface area contributed by atoms with Gasteiger partial charge in [0.15, 0.2) is 0 Å². The molecule has 0 bridgehead atoms. The van der Waals surface area contributed by atoms with Crippen LogP contribution < -0.4 is 4.84 Å². The first-order valence-electron chi connectivity index (χ1n) is 6.71. The summed E-state index contributed by atoms with van der Waals surface area (Å²) in [7, 11) is 1.41. The van der Waals surface area contributed by atoms with E-state index in [0.29, 0.717) is 5.41 Å². The van der Waals surface area contributed by atoms with E-state index in [1.165, 1.54) is 12.7 Å². The third-order valence-corrected chi connectivity index (χ3v) is 3.65. The van der Waals surface area contributed by atoms with E-state index < -0.39 is 0 Å². The number of halogens is 1. The lowest BCUT2D eigenvalue weighted by Crippen LogP contribution is -2.26. The Morgan fingerprint density at radius 1 is 1.42 bits per heavy atom. The van der Waals surface area contributed by atoms with Gasteiger partial charge in [-0.15, -0.1) is 0 Å². The highest BCUT2D eigenvalue weighted by Gasteiger charge is 2.21. The van der Waals surface area contributed by atoms with Crippen molar-refractivity contribution >= 4 is 17.7 Å². The second-order valence-corrected chi connectivity index (χ2v) is 6.40. The number of methoxy groups -OCH3 is 1. The molecule has 19 heavy (non-hydrogen) atoms. The summed E-state index contributed by atoms with van der Waals surface area (Å²) in [6.45, 7) is 6.68. The van der Waals surface area contributed by atoms with Crippen molar-refractivity contribution in [2.24, 2.45) is 5.41 Å². The minimum Gasteiger partial charge on any atom is -0.466 e. The Bertz CT molecular complexity index is 380. The van der Waals surface area contributed by atoms with Gasteiger partial charge in [-0.05, 0) is 42.9 Å². The van der Waals surface area contributed by atoms with Gasteiger partial charge in [-0.2, -0.15) is 0 Å². The van der Waals surface area contributed by atoms with Crippen molar-refractivity contribution in [3.05, 3.63) is 23.3 Å². The van der Waals surface area contributed by atoms with E-state index in [2.05, 4.69) is 25.6 Å². The quantitative estimate of drug-likeness (QED) is 0.618. The summed E-state index contributed by atoms with van der Waals surface area (Å²) in [6.07, 6.45) is 7.53. The van der Waals surface area contributed by atoms with Crippen LogP contribution in [0.25, 0.3) is 0 Å².